The van der Waals surface area contributed by atoms with Crippen LogP contribution in [0.15, 0.2) is 33.2 Å². The molecule has 1 atom stereocenters. The number of aromatic amines is 2. The molecular formula is C17H16N4O6. The minimum atomic E-state index is -0.909. The number of nitriles is 1. The van der Waals surface area contributed by atoms with Crippen LogP contribution in [0.25, 0.3) is 0 Å². The van der Waals surface area contributed by atoms with Gasteiger partial charge >= 0.3 is 5.69 Å². The number of nitrogens with zero attached hydrogens (tertiary/aromatic N) is 1. The number of fused-ring (bicyclic) bond motifs is 1. The number of benzene rings is 1. The van der Waals surface area contributed by atoms with Crippen molar-refractivity contribution in [2.24, 2.45) is 5.73 Å². The zero-order chi connectivity index (χ0) is 19.7. The van der Waals surface area contributed by atoms with Gasteiger partial charge in [0.2, 0.25) is 17.5 Å². The number of aromatic nitrogens is 2. The van der Waals surface area contributed by atoms with Gasteiger partial charge in [0.15, 0.2) is 11.5 Å². The maximum absolute atomic E-state index is 12.5. The van der Waals surface area contributed by atoms with Crippen LogP contribution >= 0.6 is 0 Å². The van der Waals surface area contributed by atoms with Crippen molar-refractivity contribution in [3.63, 3.8) is 0 Å². The Kier molecular flexibility index (Phi) is 4.51. The summed E-state index contributed by atoms with van der Waals surface area (Å²) in [6.45, 7) is 0. The summed E-state index contributed by atoms with van der Waals surface area (Å²) in [7, 11) is 4.34. The molecule has 0 amide bonds. The topological polar surface area (TPSA) is 152 Å². The van der Waals surface area contributed by atoms with Crippen LogP contribution in [0.2, 0.25) is 0 Å². The van der Waals surface area contributed by atoms with Gasteiger partial charge in [-0.15, -0.1) is 0 Å². The Morgan fingerprint density at radius 1 is 1.11 bits per heavy atom. The van der Waals surface area contributed by atoms with Crippen molar-refractivity contribution in [3.05, 3.63) is 55.6 Å². The first kappa shape index (κ1) is 17.9. The summed E-state index contributed by atoms with van der Waals surface area (Å²) in [6.07, 6.45) is 0. The third-order valence-electron chi connectivity index (χ3n) is 4.14. The Labute approximate surface area is 152 Å². The number of hydrogen-bond donors (Lipinski definition) is 3. The van der Waals surface area contributed by atoms with Gasteiger partial charge in [0.1, 0.15) is 11.6 Å². The number of hydrogen-bond acceptors (Lipinski definition) is 8. The first-order valence-corrected chi connectivity index (χ1v) is 7.69. The molecule has 3 rings (SSSR count). The molecule has 10 nitrogen and oxygen atoms in total. The van der Waals surface area contributed by atoms with Gasteiger partial charge in [-0.3, -0.25) is 14.8 Å². The SMILES string of the molecule is COc1cc([C@@H]2C(C#N)=C(N)Oc3[nH]c(=O)[nH]c(=O)c32)cc(OC)c1OC. The van der Waals surface area contributed by atoms with E-state index in [2.05, 4.69) is 9.97 Å². The van der Waals surface area contributed by atoms with Gasteiger partial charge < -0.3 is 24.7 Å². The smallest absolute Gasteiger partial charge is 0.328 e. The van der Waals surface area contributed by atoms with Gasteiger partial charge in [-0.25, -0.2) is 4.79 Å². The van der Waals surface area contributed by atoms with E-state index in [0.29, 0.717) is 22.8 Å². The van der Waals surface area contributed by atoms with Crippen molar-refractivity contribution < 1.29 is 18.9 Å². The van der Waals surface area contributed by atoms with E-state index < -0.39 is 17.2 Å². The van der Waals surface area contributed by atoms with E-state index in [1.165, 1.54) is 21.3 Å². The summed E-state index contributed by atoms with van der Waals surface area (Å²) in [4.78, 5) is 28.5. The van der Waals surface area contributed by atoms with Crippen molar-refractivity contribution >= 4 is 0 Å². The Bertz CT molecular complexity index is 1070. The summed E-state index contributed by atoms with van der Waals surface area (Å²) < 4.78 is 21.2. The first-order chi connectivity index (χ1) is 12.9. The lowest BCUT2D eigenvalue weighted by Crippen LogP contribution is -2.33. The third kappa shape index (κ3) is 2.85. The molecule has 0 unspecified atom stereocenters. The molecule has 0 saturated carbocycles. The van der Waals surface area contributed by atoms with Crippen molar-refractivity contribution in [1.82, 2.24) is 9.97 Å². The van der Waals surface area contributed by atoms with Crippen LogP contribution in [0.1, 0.15) is 17.0 Å². The molecule has 0 bridgehead atoms. The zero-order valence-electron chi connectivity index (χ0n) is 14.7. The average molecular weight is 372 g/mol. The first-order valence-electron chi connectivity index (χ1n) is 7.69. The highest BCUT2D eigenvalue weighted by molar-refractivity contribution is 5.60. The molecule has 0 radical (unpaired) electrons. The predicted octanol–water partition coefficient (Wildman–Crippen LogP) is 0.307. The van der Waals surface area contributed by atoms with Gasteiger partial charge in [0.25, 0.3) is 5.56 Å². The molecule has 0 fully saturated rings. The second kappa shape index (κ2) is 6.80. The number of nitrogens with two attached hydrogens (primary N) is 1. The zero-order valence-corrected chi connectivity index (χ0v) is 14.7. The number of H-pyrrole nitrogens is 2. The normalized spacial score (nSPS) is 15.4. The second-order valence-corrected chi connectivity index (χ2v) is 5.53. The summed E-state index contributed by atoms with van der Waals surface area (Å²) in [5.74, 6) is -0.243. The number of ether oxygens (including phenoxy) is 4. The average Bonchev–Trinajstić information content (AvgIpc) is 2.65. The van der Waals surface area contributed by atoms with E-state index in [0.717, 1.165) is 0 Å². The number of methoxy groups -OCH3 is 3. The minimum absolute atomic E-state index is 0.00863. The van der Waals surface area contributed by atoms with Gasteiger partial charge in [-0.1, -0.05) is 0 Å². The number of rotatable bonds is 4. The Hall–Kier alpha value is -3.87. The quantitative estimate of drug-likeness (QED) is 0.693. The lowest BCUT2D eigenvalue weighted by molar-refractivity contribution is 0.323. The molecule has 1 aromatic carbocycles. The molecule has 1 aliphatic heterocycles. The highest BCUT2D eigenvalue weighted by atomic mass is 16.5. The fourth-order valence-corrected chi connectivity index (χ4v) is 2.99. The standard InChI is InChI=1S/C17H16N4O6/c1-24-9-4-7(5-10(25-2)13(9)26-3)11-8(6-18)14(19)27-16-12(11)15(22)20-17(23)21-16/h4-5,11H,19H2,1-3H3,(H2,20,21,22,23)/t11-/m1/s1. The minimum Gasteiger partial charge on any atom is -0.493 e. The Morgan fingerprint density at radius 2 is 1.74 bits per heavy atom. The number of nitrogens with one attached hydrogen (secondary N) is 2. The van der Waals surface area contributed by atoms with Crippen LogP contribution in [0, 0.1) is 11.3 Å². The van der Waals surface area contributed by atoms with E-state index in [1.54, 1.807) is 12.1 Å². The molecule has 0 aliphatic carbocycles. The lowest BCUT2D eigenvalue weighted by Gasteiger charge is -2.25. The fraction of sp³-hybridized carbons (Fsp3) is 0.235. The molecule has 4 N–H and O–H groups in total. The maximum atomic E-state index is 12.5. The van der Waals surface area contributed by atoms with Crippen molar-refractivity contribution in [2.45, 2.75) is 5.92 Å². The van der Waals surface area contributed by atoms with Gasteiger partial charge in [0.05, 0.1) is 32.8 Å². The van der Waals surface area contributed by atoms with Crippen LogP contribution < -0.4 is 35.9 Å². The molecule has 0 saturated heterocycles. The second-order valence-electron chi connectivity index (χ2n) is 5.53. The number of allylic oxidation sites excluding steroid dienone is 1. The van der Waals surface area contributed by atoms with Gasteiger partial charge in [-0.2, -0.15) is 5.26 Å². The van der Waals surface area contributed by atoms with Crippen LogP contribution in [0.3, 0.4) is 0 Å². The monoisotopic (exact) mass is 372 g/mol. The molecule has 10 heteroatoms. The van der Waals surface area contributed by atoms with Crippen molar-refractivity contribution in [2.75, 3.05) is 21.3 Å². The van der Waals surface area contributed by atoms with Crippen molar-refractivity contribution in [3.8, 4) is 29.2 Å². The van der Waals surface area contributed by atoms with Crippen LogP contribution in [-0.2, 0) is 0 Å². The molecule has 2 aromatic rings. The van der Waals surface area contributed by atoms with E-state index in [1.807, 2.05) is 6.07 Å². The van der Waals surface area contributed by atoms with E-state index in [-0.39, 0.29) is 22.9 Å². The molecule has 2 heterocycles. The maximum Gasteiger partial charge on any atom is 0.328 e. The van der Waals surface area contributed by atoms with Gasteiger partial charge in [0, 0.05) is 0 Å². The lowest BCUT2D eigenvalue weighted by atomic mass is 9.85. The summed E-state index contributed by atoms with van der Waals surface area (Å²) in [5.41, 5.74) is 4.90. The molecular weight excluding hydrogens is 356 g/mol. The molecule has 0 spiro atoms. The molecule has 1 aromatic heterocycles. The van der Waals surface area contributed by atoms with Crippen molar-refractivity contribution in [1.29, 1.82) is 5.26 Å². The Morgan fingerprint density at radius 3 is 2.26 bits per heavy atom. The summed E-state index contributed by atoms with van der Waals surface area (Å²) in [6, 6.07) is 5.15. The van der Waals surface area contributed by atoms with E-state index >= 15 is 0 Å². The molecule has 1 aliphatic rings. The van der Waals surface area contributed by atoms with Crippen LogP contribution in [0.4, 0.5) is 0 Å². The third-order valence-corrected chi connectivity index (χ3v) is 4.14. The largest absolute Gasteiger partial charge is 0.493 e. The molecule has 27 heavy (non-hydrogen) atoms. The summed E-state index contributed by atoms with van der Waals surface area (Å²) in [5, 5.41) is 9.58. The fourth-order valence-electron chi connectivity index (χ4n) is 2.99. The predicted molar refractivity (Wildman–Crippen MR) is 93.1 cm³/mol. The van der Waals surface area contributed by atoms with Crippen LogP contribution in [-0.4, -0.2) is 31.3 Å². The van der Waals surface area contributed by atoms with Crippen LogP contribution in [0.5, 0.6) is 23.1 Å². The molecule has 140 valence electrons. The Balaban J connectivity index is 2.35. The van der Waals surface area contributed by atoms with E-state index in [9.17, 15) is 14.9 Å². The van der Waals surface area contributed by atoms with E-state index in [4.69, 9.17) is 24.7 Å². The highest BCUT2D eigenvalue weighted by Crippen LogP contribution is 2.45. The highest BCUT2D eigenvalue weighted by Gasteiger charge is 2.35. The summed E-state index contributed by atoms with van der Waals surface area (Å²) >= 11 is 0. The van der Waals surface area contributed by atoms with Gasteiger partial charge in [-0.05, 0) is 17.7 Å².